The Morgan fingerprint density at radius 2 is 1.41 bits per heavy atom. The van der Waals surface area contributed by atoms with Gasteiger partial charge in [0.15, 0.2) is 0 Å². The van der Waals surface area contributed by atoms with Gasteiger partial charge in [0.05, 0.1) is 17.6 Å². The van der Waals surface area contributed by atoms with E-state index < -0.39 is 0 Å². The lowest BCUT2D eigenvalue weighted by molar-refractivity contribution is 1.16. The standard InChI is InChI=1S/C10H8N2.C2H2N2S/c1-3-7-11-9(5-1)10-6-2-4-8-12-10;1-2-5-4-3-1/h1-8H;1-2H. The highest BCUT2D eigenvalue weighted by Crippen LogP contribution is 2.10. The second-order valence-electron chi connectivity index (χ2n) is 3.02. The van der Waals surface area contributed by atoms with Gasteiger partial charge in [-0.3, -0.25) is 9.97 Å². The first-order chi connectivity index (χ1) is 8.47. The molecular formula is C12H10N4S. The lowest BCUT2D eigenvalue weighted by Crippen LogP contribution is -1.83. The number of hydrogen-bond donors (Lipinski definition) is 0. The number of rotatable bonds is 1. The fourth-order valence-corrected chi connectivity index (χ4v) is 1.44. The van der Waals surface area contributed by atoms with Crippen molar-refractivity contribution in [3.8, 4) is 11.4 Å². The summed E-state index contributed by atoms with van der Waals surface area (Å²) in [4.78, 5) is 8.37. The maximum atomic E-state index is 4.19. The number of nitrogens with zero attached hydrogens (tertiary/aromatic N) is 4. The summed E-state index contributed by atoms with van der Waals surface area (Å²) in [6.45, 7) is 0. The van der Waals surface area contributed by atoms with E-state index in [9.17, 15) is 0 Å². The molecule has 3 aromatic heterocycles. The van der Waals surface area contributed by atoms with Crippen molar-refractivity contribution in [2.45, 2.75) is 0 Å². The molecule has 0 atom stereocenters. The predicted octanol–water partition coefficient (Wildman–Crippen LogP) is 2.68. The van der Waals surface area contributed by atoms with Gasteiger partial charge in [-0.25, -0.2) is 0 Å². The van der Waals surface area contributed by atoms with Gasteiger partial charge in [-0.1, -0.05) is 16.6 Å². The van der Waals surface area contributed by atoms with Crippen molar-refractivity contribution in [1.29, 1.82) is 0 Å². The van der Waals surface area contributed by atoms with Gasteiger partial charge in [0.25, 0.3) is 0 Å². The molecule has 0 aliphatic rings. The van der Waals surface area contributed by atoms with Crippen LogP contribution in [0.4, 0.5) is 0 Å². The molecule has 0 spiro atoms. The van der Waals surface area contributed by atoms with Gasteiger partial charge in [-0.15, -0.1) is 5.10 Å². The van der Waals surface area contributed by atoms with E-state index in [1.54, 1.807) is 18.6 Å². The first-order valence-electron chi connectivity index (χ1n) is 5.00. The summed E-state index contributed by atoms with van der Waals surface area (Å²) in [7, 11) is 0. The predicted molar refractivity (Wildman–Crippen MR) is 67.4 cm³/mol. The van der Waals surface area contributed by atoms with Crippen molar-refractivity contribution in [2.24, 2.45) is 0 Å². The molecule has 0 aromatic carbocycles. The van der Waals surface area contributed by atoms with Crippen LogP contribution in [-0.4, -0.2) is 19.6 Å². The van der Waals surface area contributed by atoms with Crippen molar-refractivity contribution >= 4 is 11.5 Å². The molecule has 0 unspecified atom stereocenters. The molecule has 0 saturated heterocycles. The monoisotopic (exact) mass is 242 g/mol. The van der Waals surface area contributed by atoms with Gasteiger partial charge >= 0.3 is 0 Å². The number of pyridine rings is 2. The summed E-state index contributed by atoms with van der Waals surface area (Å²) in [6, 6.07) is 11.6. The summed E-state index contributed by atoms with van der Waals surface area (Å²) in [5, 5.41) is 5.31. The third kappa shape index (κ3) is 3.73. The van der Waals surface area contributed by atoms with Gasteiger partial charge in [-0.2, -0.15) is 0 Å². The largest absolute Gasteiger partial charge is 0.255 e. The highest BCUT2D eigenvalue weighted by Gasteiger charge is 1.95. The third-order valence-corrected chi connectivity index (χ3v) is 2.31. The normalized spacial score (nSPS) is 9.18. The third-order valence-electron chi connectivity index (χ3n) is 1.87. The highest BCUT2D eigenvalue weighted by molar-refractivity contribution is 7.03. The minimum atomic E-state index is 0.915. The van der Waals surface area contributed by atoms with Crippen LogP contribution in [0.25, 0.3) is 11.4 Å². The maximum Gasteiger partial charge on any atom is 0.0886 e. The van der Waals surface area contributed by atoms with Crippen LogP contribution in [0.3, 0.4) is 0 Å². The molecule has 5 heteroatoms. The SMILES string of the molecule is c1ccc(-c2ccccn2)nc1.c1csnn1. The topological polar surface area (TPSA) is 51.6 Å². The van der Waals surface area contributed by atoms with Gasteiger partial charge in [-0.05, 0) is 35.8 Å². The van der Waals surface area contributed by atoms with Crippen LogP contribution in [0.5, 0.6) is 0 Å². The van der Waals surface area contributed by atoms with Crippen molar-refractivity contribution in [3.63, 3.8) is 0 Å². The number of hydrogen-bond acceptors (Lipinski definition) is 5. The van der Waals surface area contributed by atoms with E-state index in [4.69, 9.17) is 0 Å². The first kappa shape index (κ1) is 11.3. The molecule has 3 aromatic rings. The molecule has 0 fully saturated rings. The van der Waals surface area contributed by atoms with E-state index in [1.165, 1.54) is 11.5 Å². The minimum Gasteiger partial charge on any atom is -0.255 e. The molecule has 3 rings (SSSR count). The van der Waals surface area contributed by atoms with Crippen LogP contribution in [0, 0.1) is 0 Å². The Hall–Kier alpha value is -2.14. The summed E-state index contributed by atoms with van der Waals surface area (Å²) in [5.74, 6) is 0. The van der Waals surface area contributed by atoms with Crippen molar-refractivity contribution in [3.05, 3.63) is 60.4 Å². The molecule has 0 radical (unpaired) electrons. The maximum absolute atomic E-state index is 4.19. The summed E-state index contributed by atoms with van der Waals surface area (Å²) >= 11 is 1.35. The van der Waals surface area contributed by atoms with E-state index in [0.29, 0.717) is 0 Å². The van der Waals surface area contributed by atoms with Crippen molar-refractivity contribution < 1.29 is 0 Å². The summed E-state index contributed by atoms with van der Waals surface area (Å²) in [5.41, 5.74) is 1.83. The van der Waals surface area contributed by atoms with Gasteiger partial charge in [0.1, 0.15) is 0 Å². The Morgan fingerprint density at radius 1 is 0.765 bits per heavy atom. The molecule has 0 bridgehead atoms. The second kappa shape index (κ2) is 6.44. The van der Waals surface area contributed by atoms with Crippen LogP contribution in [0.2, 0.25) is 0 Å². The quantitative estimate of drug-likeness (QED) is 0.658. The molecule has 0 N–H and O–H groups in total. The molecule has 0 aliphatic heterocycles. The van der Waals surface area contributed by atoms with Crippen molar-refractivity contribution in [2.75, 3.05) is 0 Å². The second-order valence-corrected chi connectivity index (χ2v) is 3.66. The van der Waals surface area contributed by atoms with E-state index in [2.05, 4.69) is 19.6 Å². The molecule has 84 valence electrons. The van der Waals surface area contributed by atoms with E-state index in [1.807, 2.05) is 41.8 Å². The number of aromatic nitrogens is 4. The Balaban J connectivity index is 0.000000181. The molecule has 0 amide bonds. The molecule has 0 saturated carbocycles. The van der Waals surface area contributed by atoms with Crippen LogP contribution in [0.15, 0.2) is 60.4 Å². The molecule has 3 heterocycles. The van der Waals surface area contributed by atoms with Crippen molar-refractivity contribution in [1.82, 2.24) is 19.6 Å². The first-order valence-corrected chi connectivity index (χ1v) is 5.84. The fraction of sp³-hybridized carbons (Fsp3) is 0. The smallest absolute Gasteiger partial charge is 0.0886 e. The Bertz CT molecular complexity index is 456. The van der Waals surface area contributed by atoms with Gasteiger partial charge in [0.2, 0.25) is 0 Å². The zero-order valence-corrected chi connectivity index (χ0v) is 9.79. The van der Waals surface area contributed by atoms with Gasteiger partial charge in [0, 0.05) is 17.8 Å². The van der Waals surface area contributed by atoms with Gasteiger partial charge < -0.3 is 0 Å². The lowest BCUT2D eigenvalue weighted by atomic mass is 10.2. The van der Waals surface area contributed by atoms with Crippen LogP contribution in [0.1, 0.15) is 0 Å². The molecule has 4 nitrogen and oxygen atoms in total. The summed E-state index contributed by atoms with van der Waals surface area (Å²) < 4.78 is 3.51. The molecule has 17 heavy (non-hydrogen) atoms. The minimum absolute atomic E-state index is 0.915. The van der Waals surface area contributed by atoms with E-state index in [-0.39, 0.29) is 0 Å². The zero-order chi connectivity index (χ0) is 11.8. The average Bonchev–Trinajstić information content (AvgIpc) is 3.00. The van der Waals surface area contributed by atoms with Crippen LogP contribution >= 0.6 is 11.5 Å². The molecule has 0 aliphatic carbocycles. The van der Waals surface area contributed by atoms with E-state index >= 15 is 0 Å². The molecular weight excluding hydrogens is 232 g/mol. The summed E-state index contributed by atoms with van der Waals surface area (Å²) in [6.07, 6.45) is 5.19. The Morgan fingerprint density at radius 3 is 1.71 bits per heavy atom. The highest BCUT2D eigenvalue weighted by atomic mass is 32.1. The van der Waals surface area contributed by atoms with E-state index in [0.717, 1.165) is 11.4 Å². The Kier molecular flexibility index (Phi) is 4.30. The van der Waals surface area contributed by atoms with Crippen LogP contribution < -0.4 is 0 Å². The lowest BCUT2D eigenvalue weighted by Gasteiger charge is -1.96. The fourth-order valence-electron chi connectivity index (χ4n) is 1.16. The Labute approximate surface area is 103 Å². The van der Waals surface area contributed by atoms with Crippen LogP contribution in [-0.2, 0) is 0 Å². The average molecular weight is 242 g/mol. The zero-order valence-electron chi connectivity index (χ0n) is 8.97.